The maximum Gasteiger partial charge on any atom is 0.229 e. The van der Waals surface area contributed by atoms with Crippen molar-refractivity contribution in [3.63, 3.8) is 0 Å². The Labute approximate surface area is 194 Å². The predicted octanol–water partition coefficient (Wildman–Crippen LogP) is 6.43. The molecule has 0 spiro atoms. The summed E-state index contributed by atoms with van der Waals surface area (Å²) in [6.45, 7) is 0.322. The number of hydrogen-bond acceptors (Lipinski definition) is 3. The van der Waals surface area contributed by atoms with E-state index in [4.69, 9.17) is 39.5 Å². The number of rotatable bonds is 5. The normalized spacial score (nSPS) is 15.8. The van der Waals surface area contributed by atoms with Gasteiger partial charge in [-0.2, -0.15) is 0 Å². The largest absolute Gasteiger partial charge is 0.456 e. The molecule has 1 aliphatic heterocycles. The molecule has 0 radical (unpaired) electrons. The number of nitrogens with zero attached hydrogens (tertiary/aromatic N) is 1. The van der Waals surface area contributed by atoms with Gasteiger partial charge in [0.1, 0.15) is 11.5 Å². The average molecular weight is 476 g/mol. The number of amides is 2. The summed E-state index contributed by atoms with van der Waals surface area (Å²) < 4.78 is 5.75. The number of benzene rings is 3. The Morgan fingerprint density at radius 1 is 0.935 bits per heavy atom. The number of hydrogen-bond donors (Lipinski definition) is 1. The molecule has 3 aromatic rings. The van der Waals surface area contributed by atoms with Crippen molar-refractivity contribution >= 4 is 58.0 Å². The van der Waals surface area contributed by atoms with E-state index in [0.29, 0.717) is 38.8 Å². The van der Waals surface area contributed by atoms with Crippen LogP contribution in [-0.4, -0.2) is 18.4 Å². The van der Waals surface area contributed by atoms with E-state index in [2.05, 4.69) is 5.32 Å². The Morgan fingerprint density at radius 3 is 2.29 bits per heavy atom. The van der Waals surface area contributed by atoms with Crippen molar-refractivity contribution in [2.45, 2.75) is 6.42 Å². The molecule has 1 N–H and O–H groups in total. The highest BCUT2D eigenvalue weighted by Crippen LogP contribution is 2.32. The smallest absolute Gasteiger partial charge is 0.229 e. The zero-order valence-electron chi connectivity index (χ0n) is 16.1. The molecule has 1 aliphatic rings. The van der Waals surface area contributed by atoms with Crippen LogP contribution in [0, 0.1) is 5.92 Å². The van der Waals surface area contributed by atoms with Crippen molar-refractivity contribution < 1.29 is 14.3 Å². The molecule has 2 amide bonds. The van der Waals surface area contributed by atoms with Gasteiger partial charge >= 0.3 is 0 Å². The number of carbonyl (C=O) groups excluding carboxylic acids is 2. The molecule has 5 nitrogen and oxygen atoms in total. The Balaban J connectivity index is 1.37. The van der Waals surface area contributed by atoms with Gasteiger partial charge in [-0.3, -0.25) is 9.59 Å². The van der Waals surface area contributed by atoms with Crippen molar-refractivity contribution in [3.8, 4) is 11.5 Å². The van der Waals surface area contributed by atoms with Crippen LogP contribution >= 0.6 is 34.8 Å². The zero-order chi connectivity index (χ0) is 22.0. The maximum atomic E-state index is 12.7. The van der Waals surface area contributed by atoms with Gasteiger partial charge in [-0.25, -0.2) is 0 Å². The van der Waals surface area contributed by atoms with Gasteiger partial charge in [-0.1, -0.05) is 34.8 Å². The van der Waals surface area contributed by atoms with E-state index in [9.17, 15) is 9.59 Å². The van der Waals surface area contributed by atoms with Crippen molar-refractivity contribution in [3.05, 3.63) is 81.8 Å². The molecule has 3 aromatic carbocycles. The number of nitrogens with one attached hydrogen (secondary N) is 1. The van der Waals surface area contributed by atoms with E-state index in [-0.39, 0.29) is 18.2 Å². The molecule has 1 unspecified atom stereocenters. The van der Waals surface area contributed by atoms with Crippen molar-refractivity contribution in [2.75, 3.05) is 16.8 Å². The SMILES string of the molecule is O=C(Nc1ccc(Oc2ccc(Cl)cc2Cl)cc1)C1CC(=O)N(c2ccc(Cl)cc2)C1. The molecule has 0 saturated carbocycles. The highest BCUT2D eigenvalue weighted by Gasteiger charge is 2.35. The van der Waals surface area contributed by atoms with Gasteiger partial charge in [0, 0.05) is 34.4 Å². The Hall–Kier alpha value is -2.73. The summed E-state index contributed by atoms with van der Waals surface area (Å²) in [7, 11) is 0. The zero-order valence-corrected chi connectivity index (χ0v) is 18.4. The third-order valence-electron chi connectivity index (χ3n) is 4.88. The number of carbonyl (C=O) groups is 2. The van der Waals surface area contributed by atoms with Crippen LogP contribution in [0.1, 0.15) is 6.42 Å². The summed E-state index contributed by atoms with van der Waals surface area (Å²) in [4.78, 5) is 26.6. The van der Waals surface area contributed by atoms with Crippen molar-refractivity contribution in [2.24, 2.45) is 5.92 Å². The second-order valence-electron chi connectivity index (χ2n) is 7.07. The molecular formula is C23H17Cl3N2O3. The molecule has 1 saturated heterocycles. The van der Waals surface area contributed by atoms with E-state index in [1.54, 1.807) is 71.6 Å². The van der Waals surface area contributed by atoms with Gasteiger partial charge in [0.05, 0.1) is 10.9 Å². The first-order valence-corrected chi connectivity index (χ1v) is 10.6. The van der Waals surface area contributed by atoms with Gasteiger partial charge in [0.25, 0.3) is 0 Å². The lowest BCUT2D eigenvalue weighted by Gasteiger charge is -2.17. The second-order valence-corrected chi connectivity index (χ2v) is 8.35. The first kappa shape index (κ1) is 21.5. The number of halogens is 3. The second kappa shape index (κ2) is 9.18. The number of ether oxygens (including phenoxy) is 1. The van der Waals surface area contributed by atoms with E-state index >= 15 is 0 Å². The third-order valence-corrected chi connectivity index (χ3v) is 5.66. The fraction of sp³-hybridized carbons (Fsp3) is 0.130. The fourth-order valence-electron chi connectivity index (χ4n) is 3.29. The molecule has 8 heteroatoms. The van der Waals surface area contributed by atoms with Gasteiger partial charge in [-0.05, 0) is 66.7 Å². The lowest BCUT2D eigenvalue weighted by atomic mass is 10.1. The van der Waals surface area contributed by atoms with Crippen LogP contribution < -0.4 is 15.0 Å². The van der Waals surface area contributed by atoms with Crippen LogP contribution in [-0.2, 0) is 9.59 Å². The van der Waals surface area contributed by atoms with Gasteiger partial charge < -0.3 is 15.0 Å². The molecule has 0 bridgehead atoms. The summed E-state index contributed by atoms with van der Waals surface area (Å²) >= 11 is 17.9. The minimum atomic E-state index is -0.438. The highest BCUT2D eigenvalue weighted by atomic mass is 35.5. The monoisotopic (exact) mass is 474 g/mol. The molecule has 4 rings (SSSR count). The summed E-state index contributed by atoms with van der Waals surface area (Å²) in [6.07, 6.45) is 0.157. The van der Waals surface area contributed by atoms with Crippen LogP contribution in [0.2, 0.25) is 15.1 Å². The molecule has 0 aliphatic carbocycles. The molecule has 0 aromatic heterocycles. The van der Waals surface area contributed by atoms with Crippen molar-refractivity contribution in [1.82, 2.24) is 0 Å². The molecule has 1 fully saturated rings. The summed E-state index contributed by atoms with van der Waals surface area (Å²) in [6, 6.07) is 18.9. The van der Waals surface area contributed by atoms with E-state index < -0.39 is 5.92 Å². The average Bonchev–Trinajstić information content (AvgIpc) is 3.14. The summed E-state index contributed by atoms with van der Waals surface area (Å²) in [5.74, 6) is 0.305. The van der Waals surface area contributed by atoms with Crippen LogP contribution in [0.3, 0.4) is 0 Å². The van der Waals surface area contributed by atoms with Crippen LogP contribution in [0.5, 0.6) is 11.5 Å². The Bertz CT molecular complexity index is 1120. The lowest BCUT2D eigenvalue weighted by Crippen LogP contribution is -2.28. The molecule has 1 atom stereocenters. The van der Waals surface area contributed by atoms with E-state index in [1.165, 1.54) is 0 Å². The first-order chi connectivity index (χ1) is 14.9. The molecule has 31 heavy (non-hydrogen) atoms. The molecule has 158 valence electrons. The standard InChI is InChI=1S/C23H17Cl3N2O3/c24-15-1-6-18(7-2-15)28-13-14(11-22(28)29)23(30)27-17-4-8-19(9-5-17)31-21-10-3-16(25)12-20(21)26/h1-10,12,14H,11,13H2,(H,27,30). The highest BCUT2D eigenvalue weighted by molar-refractivity contribution is 6.35. The predicted molar refractivity (Wildman–Crippen MR) is 124 cm³/mol. The fourth-order valence-corrected chi connectivity index (χ4v) is 3.86. The topological polar surface area (TPSA) is 58.6 Å². The van der Waals surface area contributed by atoms with Gasteiger partial charge in [0.2, 0.25) is 11.8 Å². The third kappa shape index (κ3) is 5.13. The van der Waals surface area contributed by atoms with E-state index in [1.807, 2.05) is 0 Å². The molecule has 1 heterocycles. The van der Waals surface area contributed by atoms with Crippen LogP contribution in [0.25, 0.3) is 0 Å². The Kier molecular flexibility index (Phi) is 6.37. The number of anilines is 2. The van der Waals surface area contributed by atoms with Gasteiger partial charge in [0.15, 0.2) is 0 Å². The lowest BCUT2D eigenvalue weighted by molar-refractivity contribution is -0.122. The first-order valence-electron chi connectivity index (χ1n) is 9.49. The van der Waals surface area contributed by atoms with E-state index in [0.717, 1.165) is 5.69 Å². The Morgan fingerprint density at radius 2 is 1.61 bits per heavy atom. The minimum absolute atomic E-state index is 0.0916. The van der Waals surface area contributed by atoms with Crippen molar-refractivity contribution in [1.29, 1.82) is 0 Å². The maximum absolute atomic E-state index is 12.7. The van der Waals surface area contributed by atoms with Crippen LogP contribution in [0.4, 0.5) is 11.4 Å². The minimum Gasteiger partial charge on any atom is -0.456 e. The summed E-state index contributed by atoms with van der Waals surface area (Å²) in [5.41, 5.74) is 1.34. The van der Waals surface area contributed by atoms with Crippen LogP contribution in [0.15, 0.2) is 66.7 Å². The summed E-state index contributed by atoms with van der Waals surface area (Å²) in [5, 5.41) is 4.38. The van der Waals surface area contributed by atoms with Gasteiger partial charge in [-0.15, -0.1) is 0 Å². The quantitative estimate of drug-likeness (QED) is 0.462. The molecular weight excluding hydrogens is 459 g/mol.